The Balaban J connectivity index is 2.21. The lowest BCUT2D eigenvalue weighted by Gasteiger charge is -2.16. The molecule has 0 spiro atoms. The third kappa shape index (κ3) is 3.52. The molecule has 0 bridgehead atoms. The maximum Gasteiger partial charge on any atom is 0.203 e. The molecule has 0 saturated heterocycles. The molecule has 5 heteroatoms. The first-order valence-electron chi connectivity index (χ1n) is 6.47. The summed E-state index contributed by atoms with van der Waals surface area (Å²) >= 11 is 5.87. The summed E-state index contributed by atoms with van der Waals surface area (Å²) in [6.45, 7) is 0.602. The van der Waals surface area contributed by atoms with Gasteiger partial charge in [0.15, 0.2) is 11.5 Å². The summed E-state index contributed by atoms with van der Waals surface area (Å²) in [4.78, 5) is 0. The molecule has 4 nitrogen and oxygen atoms in total. The summed E-state index contributed by atoms with van der Waals surface area (Å²) in [6, 6.07) is 11.3. The second-order valence-corrected chi connectivity index (χ2v) is 4.79. The third-order valence-electron chi connectivity index (χ3n) is 3.11. The Morgan fingerprint density at radius 2 is 1.52 bits per heavy atom. The lowest BCUT2D eigenvalue weighted by Crippen LogP contribution is -2.04. The number of halogens is 1. The van der Waals surface area contributed by atoms with E-state index in [1.54, 1.807) is 21.3 Å². The Bertz CT molecular complexity index is 599. The van der Waals surface area contributed by atoms with Crippen LogP contribution in [0.25, 0.3) is 0 Å². The SMILES string of the molecule is COc1ccc(CNc2ccc(Cl)cc2)c(OC)c1OC. The highest BCUT2D eigenvalue weighted by molar-refractivity contribution is 6.30. The maximum atomic E-state index is 5.87. The van der Waals surface area contributed by atoms with Gasteiger partial charge in [0.25, 0.3) is 0 Å². The molecule has 1 N–H and O–H groups in total. The van der Waals surface area contributed by atoms with Gasteiger partial charge in [-0.05, 0) is 36.4 Å². The van der Waals surface area contributed by atoms with Crippen LogP contribution in [-0.2, 0) is 6.54 Å². The highest BCUT2D eigenvalue weighted by atomic mass is 35.5. The standard InChI is InChI=1S/C16H18ClNO3/c1-19-14-9-4-11(15(20-2)16(14)21-3)10-18-13-7-5-12(17)6-8-13/h4-9,18H,10H2,1-3H3. The smallest absolute Gasteiger partial charge is 0.203 e. The lowest BCUT2D eigenvalue weighted by atomic mass is 10.1. The summed E-state index contributed by atoms with van der Waals surface area (Å²) in [5.41, 5.74) is 1.96. The zero-order valence-corrected chi connectivity index (χ0v) is 13.0. The van der Waals surface area contributed by atoms with Crippen LogP contribution >= 0.6 is 11.6 Å². The van der Waals surface area contributed by atoms with Crippen LogP contribution in [0.5, 0.6) is 17.2 Å². The van der Waals surface area contributed by atoms with Crippen molar-refractivity contribution in [3.05, 3.63) is 47.0 Å². The van der Waals surface area contributed by atoms with E-state index in [-0.39, 0.29) is 0 Å². The second kappa shape index (κ2) is 7.09. The number of ether oxygens (including phenoxy) is 3. The fraction of sp³-hybridized carbons (Fsp3) is 0.250. The predicted octanol–water partition coefficient (Wildman–Crippen LogP) is 3.98. The van der Waals surface area contributed by atoms with Crippen molar-refractivity contribution >= 4 is 17.3 Å². The molecule has 21 heavy (non-hydrogen) atoms. The van der Waals surface area contributed by atoms with Gasteiger partial charge in [-0.2, -0.15) is 0 Å². The summed E-state index contributed by atoms with van der Waals surface area (Å²) in [6.07, 6.45) is 0. The third-order valence-corrected chi connectivity index (χ3v) is 3.36. The molecule has 0 aliphatic heterocycles. The van der Waals surface area contributed by atoms with Gasteiger partial charge in [0.1, 0.15) is 0 Å². The number of rotatable bonds is 6. The average Bonchev–Trinajstić information content (AvgIpc) is 2.53. The van der Waals surface area contributed by atoms with Crippen LogP contribution in [0.2, 0.25) is 5.02 Å². The van der Waals surface area contributed by atoms with Crippen LogP contribution in [0.15, 0.2) is 36.4 Å². The van der Waals surface area contributed by atoms with Crippen LogP contribution in [-0.4, -0.2) is 21.3 Å². The van der Waals surface area contributed by atoms with Gasteiger partial charge in [-0.3, -0.25) is 0 Å². The topological polar surface area (TPSA) is 39.7 Å². The number of benzene rings is 2. The van der Waals surface area contributed by atoms with E-state index in [1.165, 1.54) is 0 Å². The van der Waals surface area contributed by atoms with E-state index in [0.29, 0.717) is 28.8 Å². The van der Waals surface area contributed by atoms with Crippen LogP contribution in [0.4, 0.5) is 5.69 Å². The lowest BCUT2D eigenvalue weighted by molar-refractivity contribution is 0.322. The zero-order valence-electron chi connectivity index (χ0n) is 12.3. The van der Waals surface area contributed by atoms with Crippen molar-refractivity contribution in [2.75, 3.05) is 26.6 Å². The molecule has 0 amide bonds. The number of hydrogen-bond acceptors (Lipinski definition) is 4. The van der Waals surface area contributed by atoms with Gasteiger partial charge >= 0.3 is 0 Å². The van der Waals surface area contributed by atoms with E-state index in [0.717, 1.165) is 11.3 Å². The molecule has 0 fully saturated rings. The highest BCUT2D eigenvalue weighted by Crippen LogP contribution is 2.39. The van der Waals surface area contributed by atoms with Crippen molar-refractivity contribution in [2.45, 2.75) is 6.54 Å². The first-order valence-corrected chi connectivity index (χ1v) is 6.84. The molecule has 0 aliphatic carbocycles. The van der Waals surface area contributed by atoms with E-state index < -0.39 is 0 Å². The Morgan fingerprint density at radius 1 is 0.857 bits per heavy atom. The molecular weight excluding hydrogens is 290 g/mol. The first kappa shape index (κ1) is 15.3. The van der Waals surface area contributed by atoms with E-state index in [4.69, 9.17) is 25.8 Å². The van der Waals surface area contributed by atoms with E-state index in [9.17, 15) is 0 Å². The number of hydrogen-bond donors (Lipinski definition) is 1. The van der Waals surface area contributed by atoms with Gasteiger partial charge in [0.05, 0.1) is 21.3 Å². The van der Waals surface area contributed by atoms with Gasteiger partial charge in [0.2, 0.25) is 5.75 Å². The van der Waals surface area contributed by atoms with Gasteiger partial charge < -0.3 is 19.5 Å². The quantitative estimate of drug-likeness (QED) is 0.876. The zero-order chi connectivity index (χ0) is 15.2. The summed E-state index contributed by atoms with van der Waals surface area (Å²) in [5, 5.41) is 4.03. The molecule has 0 radical (unpaired) electrons. The minimum Gasteiger partial charge on any atom is -0.493 e. The van der Waals surface area contributed by atoms with Gasteiger partial charge in [-0.15, -0.1) is 0 Å². The van der Waals surface area contributed by atoms with Crippen molar-refractivity contribution in [3.8, 4) is 17.2 Å². The van der Waals surface area contributed by atoms with Crippen molar-refractivity contribution in [2.24, 2.45) is 0 Å². The largest absolute Gasteiger partial charge is 0.493 e. The van der Waals surface area contributed by atoms with Crippen molar-refractivity contribution in [1.29, 1.82) is 0 Å². The Hall–Kier alpha value is -2.07. The van der Waals surface area contributed by atoms with Crippen molar-refractivity contribution < 1.29 is 14.2 Å². The molecule has 0 saturated carbocycles. The average molecular weight is 308 g/mol. The molecule has 0 unspecified atom stereocenters. The number of anilines is 1. The predicted molar refractivity (Wildman–Crippen MR) is 84.9 cm³/mol. The van der Waals surface area contributed by atoms with Crippen LogP contribution in [0, 0.1) is 0 Å². The fourth-order valence-electron chi connectivity index (χ4n) is 2.07. The van der Waals surface area contributed by atoms with Gasteiger partial charge in [-0.1, -0.05) is 11.6 Å². The van der Waals surface area contributed by atoms with Crippen LogP contribution in [0.3, 0.4) is 0 Å². The molecule has 0 atom stereocenters. The van der Waals surface area contributed by atoms with E-state index >= 15 is 0 Å². The normalized spacial score (nSPS) is 10.1. The van der Waals surface area contributed by atoms with Crippen molar-refractivity contribution in [1.82, 2.24) is 0 Å². The van der Waals surface area contributed by atoms with Crippen LogP contribution in [0.1, 0.15) is 5.56 Å². The Morgan fingerprint density at radius 3 is 2.10 bits per heavy atom. The minimum absolute atomic E-state index is 0.593. The first-order chi connectivity index (χ1) is 10.2. The summed E-state index contributed by atoms with van der Waals surface area (Å²) in [7, 11) is 4.81. The summed E-state index contributed by atoms with van der Waals surface area (Å²) < 4.78 is 16.1. The molecule has 0 aromatic heterocycles. The monoisotopic (exact) mass is 307 g/mol. The maximum absolute atomic E-state index is 5.87. The number of methoxy groups -OCH3 is 3. The molecule has 112 valence electrons. The number of nitrogens with one attached hydrogen (secondary N) is 1. The van der Waals surface area contributed by atoms with Gasteiger partial charge in [-0.25, -0.2) is 0 Å². The highest BCUT2D eigenvalue weighted by Gasteiger charge is 2.15. The molecule has 0 heterocycles. The molecule has 2 aromatic rings. The fourth-order valence-corrected chi connectivity index (χ4v) is 2.19. The van der Waals surface area contributed by atoms with Crippen LogP contribution < -0.4 is 19.5 Å². The van der Waals surface area contributed by atoms with Gasteiger partial charge in [0, 0.05) is 22.8 Å². The molecule has 2 aromatic carbocycles. The molecular formula is C16H18ClNO3. The Labute approximate surface area is 129 Å². The molecule has 0 aliphatic rings. The summed E-state index contributed by atoms with van der Waals surface area (Å²) in [5.74, 6) is 1.90. The molecule has 2 rings (SSSR count). The van der Waals surface area contributed by atoms with Crippen molar-refractivity contribution in [3.63, 3.8) is 0 Å². The second-order valence-electron chi connectivity index (χ2n) is 4.35. The van der Waals surface area contributed by atoms with E-state index in [1.807, 2.05) is 36.4 Å². The minimum atomic E-state index is 0.593. The Kier molecular flexibility index (Phi) is 5.17. The van der Waals surface area contributed by atoms with E-state index in [2.05, 4.69) is 5.32 Å².